The quantitative estimate of drug-likeness (QED) is 0.522. The SMILES string of the molecule is CCN(CCCO)C(=O)c1cccc(F)c1NN. The molecule has 4 N–H and O–H groups in total. The molecule has 0 radical (unpaired) electrons. The maximum absolute atomic E-state index is 13.5. The third kappa shape index (κ3) is 3.18. The number of nitrogen functional groups attached to an aromatic ring is 1. The smallest absolute Gasteiger partial charge is 0.256 e. The van der Waals surface area contributed by atoms with Crippen molar-refractivity contribution < 1.29 is 14.3 Å². The number of hydrazine groups is 1. The van der Waals surface area contributed by atoms with Crippen molar-refractivity contribution in [3.8, 4) is 0 Å². The van der Waals surface area contributed by atoms with Gasteiger partial charge in [0.25, 0.3) is 5.91 Å². The first kappa shape index (κ1) is 14.4. The van der Waals surface area contributed by atoms with E-state index < -0.39 is 5.82 Å². The molecule has 1 aromatic carbocycles. The Kier molecular flexibility index (Phi) is 5.54. The number of hydrogen-bond acceptors (Lipinski definition) is 4. The third-order valence-corrected chi connectivity index (χ3v) is 2.64. The largest absolute Gasteiger partial charge is 0.396 e. The first-order valence-corrected chi connectivity index (χ1v) is 5.81. The average molecular weight is 255 g/mol. The Labute approximate surface area is 105 Å². The van der Waals surface area contributed by atoms with E-state index >= 15 is 0 Å². The maximum Gasteiger partial charge on any atom is 0.256 e. The van der Waals surface area contributed by atoms with E-state index in [0.717, 1.165) is 0 Å². The fourth-order valence-electron chi connectivity index (χ4n) is 1.68. The van der Waals surface area contributed by atoms with Gasteiger partial charge in [0.1, 0.15) is 5.82 Å². The Bertz CT molecular complexity index is 412. The van der Waals surface area contributed by atoms with E-state index in [-0.39, 0.29) is 23.8 Å². The third-order valence-electron chi connectivity index (χ3n) is 2.64. The van der Waals surface area contributed by atoms with E-state index in [4.69, 9.17) is 10.9 Å². The molecule has 0 aliphatic rings. The molecule has 1 amide bonds. The number of aliphatic hydroxyl groups excluding tert-OH is 1. The van der Waals surface area contributed by atoms with Crippen molar-refractivity contribution in [3.05, 3.63) is 29.6 Å². The van der Waals surface area contributed by atoms with Gasteiger partial charge in [0.15, 0.2) is 0 Å². The standard InChI is InChI=1S/C12H18FN3O2/c1-2-16(7-4-8-17)12(18)9-5-3-6-10(13)11(9)15-14/h3,5-6,15,17H,2,4,7-8,14H2,1H3. The van der Waals surface area contributed by atoms with Crippen LogP contribution in [0, 0.1) is 5.82 Å². The van der Waals surface area contributed by atoms with Crippen LogP contribution in [0.25, 0.3) is 0 Å². The van der Waals surface area contributed by atoms with E-state index in [9.17, 15) is 9.18 Å². The molecule has 0 heterocycles. The number of carbonyl (C=O) groups is 1. The van der Waals surface area contributed by atoms with Crippen molar-refractivity contribution >= 4 is 11.6 Å². The molecular weight excluding hydrogens is 237 g/mol. The lowest BCUT2D eigenvalue weighted by Crippen LogP contribution is -2.33. The number of halogens is 1. The van der Waals surface area contributed by atoms with Crippen LogP contribution in [0.5, 0.6) is 0 Å². The summed E-state index contributed by atoms with van der Waals surface area (Å²) in [4.78, 5) is 13.7. The molecule has 0 unspecified atom stereocenters. The molecule has 0 saturated carbocycles. The van der Waals surface area contributed by atoms with E-state index in [1.807, 2.05) is 6.92 Å². The second-order valence-corrected chi connectivity index (χ2v) is 3.77. The summed E-state index contributed by atoms with van der Waals surface area (Å²) in [5.74, 6) is 4.36. The van der Waals surface area contributed by atoms with E-state index in [1.165, 1.54) is 23.1 Å². The minimum Gasteiger partial charge on any atom is -0.396 e. The fourth-order valence-corrected chi connectivity index (χ4v) is 1.68. The summed E-state index contributed by atoms with van der Waals surface area (Å²) in [6, 6.07) is 4.21. The molecular formula is C12H18FN3O2. The summed E-state index contributed by atoms with van der Waals surface area (Å²) in [6.07, 6.45) is 0.486. The molecule has 1 aromatic rings. The number of amides is 1. The first-order valence-electron chi connectivity index (χ1n) is 5.81. The van der Waals surface area contributed by atoms with Gasteiger partial charge in [-0.3, -0.25) is 10.6 Å². The van der Waals surface area contributed by atoms with Gasteiger partial charge in [0.05, 0.1) is 11.3 Å². The number of benzene rings is 1. The summed E-state index contributed by atoms with van der Waals surface area (Å²) in [6.45, 7) is 2.74. The summed E-state index contributed by atoms with van der Waals surface area (Å²) in [5, 5.41) is 8.78. The van der Waals surface area contributed by atoms with Crippen LogP contribution in [0.2, 0.25) is 0 Å². The van der Waals surface area contributed by atoms with Crippen LogP contribution >= 0.6 is 0 Å². The van der Waals surface area contributed by atoms with Crippen molar-refractivity contribution in [3.63, 3.8) is 0 Å². The first-order chi connectivity index (χ1) is 8.65. The van der Waals surface area contributed by atoms with Crippen LogP contribution in [-0.4, -0.2) is 35.6 Å². The van der Waals surface area contributed by atoms with Gasteiger partial charge in [-0.05, 0) is 25.5 Å². The molecule has 18 heavy (non-hydrogen) atoms. The predicted octanol–water partition coefficient (Wildman–Crippen LogP) is 0.956. The minimum absolute atomic E-state index is 0.00886. The van der Waals surface area contributed by atoms with Gasteiger partial charge < -0.3 is 15.4 Å². The minimum atomic E-state index is -0.568. The highest BCUT2D eigenvalue weighted by Crippen LogP contribution is 2.20. The van der Waals surface area contributed by atoms with Crippen LogP contribution in [0.15, 0.2) is 18.2 Å². The van der Waals surface area contributed by atoms with Crippen molar-refractivity contribution in [2.75, 3.05) is 25.1 Å². The zero-order valence-corrected chi connectivity index (χ0v) is 10.3. The summed E-state index contributed by atoms with van der Waals surface area (Å²) < 4.78 is 13.5. The Balaban J connectivity index is 2.97. The van der Waals surface area contributed by atoms with Crippen LogP contribution in [-0.2, 0) is 0 Å². The van der Waals surface area contributed by atoms with Gasteiger partial charge in [0, 0.05) is 19.7 Å². The molecule has 0 aliphatic carbocycles. The van der Waals surface area contributed by atoms with Crippen LogP contribution in [0.1, 0.15) is 23.7 Å². The zero-order chi connectivity index (χ0) is 13.5. The highest BCUT2D eigenvalue weighted by molar-refractivity contribution is 5.99. The van der Waals surface area contributed by atoms with Crippen molar-refractivity contribution in [1.82, 2.24) is 4.90 Å². The number of carbonyl (C=O) groups excluding carboxylic acids is 1. The number of rotatable bonds is 6. The van der Waals surface area contributed by atoms with Crippen LogP contribution in [0.4, 0.5) is 10.1 Å². The topological polar surface area (TPSA) is 78.6 Å². The Hall–Kier alpha value is -1.66. The Morgan fingerprint density at radius 1 is 1.56 bits per heavy atom. The highest BCUT2D eigenvalue weighted by atomic mass is 19.1. The molecule has 0 spiro atoms. The molecule has 100 valence electrons. The van der Waals surface area contributed by atoms with E-state index in [2.05, 4.69) is 5.43 Å². The second-order valence-electron chi connectivity index (χ2n) is 3.77. The molecule has 0 fully saturated rings. The molecule has 0 aromatic heterocycles. The van der Waals surface area contributed by atoms with E-state index in [0.29, 0.717) is 19.5 Å². The van der Waals surface area contributed by atoms with Crippen LogP contribution < -0.4 is 11.3 Å². The number of nitrogens with zero attached hydrogens (tertiary/aromatic N) is 1. The average Bonchev–Trinajstić information content (AvgIpc) is 2.39. The lowest BCUT2D eigenvalue weighted by molar-refractivity contribution is 0.0755. The number of nitrogens with two attached hydrogens (primary N) is 1. The highest BCUT2D eigenvalue weighted by Gasteiger charge is 2.19. The van der Waals surface area contributed by atoms with Crippen molar-refractivity contribution in [2.24, 2.45) is 5.84 Å². The van der Waals surface area contributed by atoms with Gasteiger partial charge in [-0.15, -0.1) is 0 Å². The summed E-state index contributed by atoms with van der Waals surface area (Å²) in [5.41, 5.74) is 2.39. The van der Waals surface area contributed by atoms with Crippen LogP contribution in [0.3, 0.4) is 0 Å². The van der Waals surface area contributed by atoms with E-state index in [1.54, 1.807) is 0 Å². The van der Waals surface area contributed by atoms with Gasteiger partial charge >= 0.3 is 0 Å². The number of aliphatic hydroxyl groups is 1. The Morgan fingerprint density at radius 3 is 2.83 bits per heavy atom. The molecule has 0 atom stereocenters. The van der Waals surface area contributed by atoms with Gasteiger partial charge in [0.2, 0.25) is 0 Å². The molecule has 0 bridgehead atoms. The molecule has 5 nitrogen and oxygen atoms in total. The number of nitrogens with one attached hydrogen (secondary N) is 1. The molecule has 0 saturated heterocycles. The zero-order valence-electron chi connectivity index (χ0n) is 10.3. The van der Waals surface area contributed by atoms with Gasteiger partial charge in [-0.25, -0.2) is 4.39 Å². The lowest BCUT2D eigenvalue weighted by atomic mass is 10.1. The molecule has 1 rings (SSSR count). The number of anilines is 1. The fraction of sp³-hybridized carbons (Fsp3) is 0.417. The summed E-state index contributed by atoms with van der Waals surface area (Å²) in [7, 11) is 0. The van der Waals surface area contributed by atoms with Gasteiger partial charge in [-0.1, -0.05) is 6.07 Å². The predicted molar refractivity (Wildman–Crippen MR) is 67.5 cm³/mol. The molecule has 0 aliphatic heterocycles. The molecule has 6 heteroatoms. The lowest BCUT2D eigenvalue weighted by Gasteiger charge is -2.21. The number of hydrogen-bond donors (Lipinski definition) is 3. The van der Waals surface area contributed by atoms with Gasteiger partial charge in [-0.2, -0.15) is 0 Å². The normalized spacial score (nSPS) is 10.2. The number of para-hydroxylation sites is 1. The van der Waals surface area contributed by atoms with Crippen molar-refractivity contribution in [2.45, 2.75) is 13.3 Å². The maximum atomic E-state index is 13.5. The monoisotopic (exact) mass is 255 g/mol. The van der Waals surface area contributed by atoms with Crippen molar-refractivity contribution in [1.29, 1.82) is 0 Å². The Morgan fingerprint density at radius 2 is 2.28 bits per heavy atom. The second kappa shape index (κ2) is 6.93. The summed E-state index contributed by atoms with van der Waals surface area (Å²) >= 11 is 0.